The molecular weight excluding hydrogens is 250 g/mol. The number of anilines is 1. The molecule has 6 heteroatoms. The normalized spacial score (nSPS) is 14.4. The van der Waals surface area contributed by atoms with Gasteiger partial charge in [0.1, 0.15) is 0 Å². The van der Waals surface area contributed by atoms with Crippen molar-refractivity contribution in [1.82, 2.24) is 10.2 Å². The molecule has 1 heterocycles. The van der Waals surface area contributed by atoms with Crippen molar-refractivity contribution in [3.05, 3.63) is 29.3 Å². The summed E-state index contributed by atoms with van der Waals surface area (Å²) in [5.74, 6) is 0.369. The summed E-state index contributed by atoms with van der Waals surface area (Å²) in [7, 11) is 0. The first kappa shape index (κ1) is 12.7. The summed E-state index contributed by atoms with van der Waals surface area (Å²) >= 11 is 5.78. The molecule has 0 saturated carbocycles. The van der Waals surface area contributed by atoms with E-state index in [4.69, 9.17) is 22.4 Å². The maximum atomic E-state index is 7.83. The summed E-state index contributed by atoms with van der Waals surface area (Å²) in [6.07, 6.45) is 2.23. The number of benzene rings is 1. The lowest BCUT2D eigenvalue weighted by Gasteiger charge is -2.20. The number of nitrogens with zero attached hydrogens (tertiary/aromatic N) is 1. The number of nitrogens with one attached hydrogen (secondary N) is 4. The Bertz CT molecular complexity index is 436. The van der Waals surface area contributed by atoms with E-state index >= 15 is 0 Å². The Morgan fingerprint density at radius 3 is 2.33 bits per heavy atom. The largest absolute Gasteiger partial charge is 0.343 e. The molecule has 0 unspecified atom stereocenters. The van der Waals surface area contributed by atoms with Crippen LogP contribution in [-0.4, -0.2) is 29.9 Å². The van der Waals surface area contributed by atoms with E-state index in [-0.39, 0.29) is 11.9 Å². The van der Waals surface area contributed by atoms with E-state index < -0.39 is 0 Å². The first-order valence-corrected chi connectivity index (χ1v) is 6.24. The van der Waals surface area contributed by atoms with Gasteiger partial charge in [0.15, 0.2) is 11.9 Å². The number of hydrogen-bond donors (Lipinski definition) is 4. The molecule has 0 radical (unpaired) electrons. The lowest BCUT2D eigenvalue weighted by molar-refractivity contribution is 0.502. The second-order valence-electron chi connectivity index (χ2n) is 4.17. The molecule has 1 aromatic carbocycles. The molecule has 1 aliphatic rings. The molecule has 0 atom stereocenters. The van der Waals surface area contributed by atoms with E-state index in [1.807, 2.05) is 4.90 Å². The van der Waals surface area contributed by atoms with Gasteiger partial charge in [0.2, 0.25) is 0 Å². The minimum absolute atomic E-state index is 0.0919. The van der Waals surface area contributed by atoms with E-state index in [9.17, 15) is 0 Å². The Kier molecular flexibility index (Phi) is 4.04. The summed E-state index contributed by atoms with van der Waals surface area (Å²) in [6.45, 7) is 1.78. The highest BCUT2D eigenvalue weighted by atomic mass is 35.5. The Labute approximate surface area is 111 Å². The SMILES string of the molecule is N=C(NC(=N)N1CCCC1)Nc1ccc(Cl)cc1. The molecule has 4 N–H and O–H groups in total. The summed E-state index contributed by atoms with van der Waals surface area (Å²) < 4.78 is 0. The zero-order chi connectivity index (χ0) is 13.0. The minimum atomic E-state index is 0.0919. The first-order valence-electron chi connectivity index (χ1n) is 5.87. The van der Waals surface area contributed by atoms with Crippen LogP contribution < -0.4 is 10.6 Å². The van der Waals surface area contributed by atoms with Crippen molar-refractivity contribution >= 4 is 29.2 Å². The van der Waals surface area contributed by atoms with E-state index in [1.165, 1.54) is 0 Å². The molecule has 1 saturated heterocycles. The third kappa shape index (κ3) is 3.37. The van der Waals surface area contributed by atoms with Gasteiger partial charge in [-0.15, -0.1) is 0 Å². The molecule has 0 amide bonds. The van der Waals surface area contributed by atoms with Crippen LogP contribution in [0.1, 0.15) is 12.8 Å². The van der Waals surface area contributed by atoms with Gasteiger partial charge >= 0.3 is 0 Å². The van der Waals surface area contributed by atoms with E-state index in [1.54, 1.807) is 24.3 Å². The molecule has 0 aromatic heterocycles. The van der Waals surface area contributed by atoms with Gasteiger partial charge in [-0.3, -0.25) is 16.1 Å². The molecule has 0 spiro atoms. The monoisotopic (exact) mass is 265 g/mol. The third-order valence-electron chi connectivity index (χ3n) is 2.78. The molecule has 0 bridgehead atoms. The molecule has 1 aliphatic heterocycles. The smallest absolute Gasteiger partial charge is 0.199 e. The van der Waals surface area contributed by atoms with Crippen molar-refractivity contribution in [2.24, 2.45) is 0 Å². The zero-order valence-electron chi connectivity index (χ0n) is 9.96. The second kappa shape index (κ2) is 5.73. The molecule has 5 nitrogen and oxygen atoms in total. The number of halogens is 1. The number of hydrogen-bond acceptors (Lipinski definition) is 2. The van der Waals surface area contributed by atoms with Crippen LogP contribution in [-0.2, 0) is 0 Å². The maximum Gasteiger partial charge on any atom is 0.199 e. The van der Waals surface area contributed by atoms with Crippen LogP contribution in [0.15, 0.2) is 24.3 Å². The van der Waals surface area contributed by atoms with E-state index in [2.05, 4.69) is 10.6 Å². The quantitative estimate of drug-likeness (QED) is 0.465. The fourth-order valence-electron chi connectivity index (χ4n) is 1.85. The highest BCUT2D eigenvalue weighted by molar-refractivity contribution is 6.30. The van der Waals surface area contributed by atoms with Gasteiger partial charge in [-0.25, -0.2) is 0 Å². The lowest BCUT2D eigenvalue weighted by atomic mass is 10.3. The van der Waals surface area contributed by atoms with Crippen molar-refractivity contribution in [1.29, 1.82) is 10.8 Å². The molecule has 0 aliphatic carbocycles. The average Bonchev–Trinajstić information content (AvgIpc) is 2.85. The van der Waals surface area contributed by atoms with Gasteiger partial charge in [0.05, 0.1) is 0 Å². The van der Waals surface area contributed by atoms with Crippen LogP contribution in [0.3, 0.4) is 0 Å². The number of rotatable bonds is 1. The minimum Gasteiger partial charge on any atom is -0.343 e. The number of guanidine groups is 2. The van der Waals surface area contributed by atoms with Crippen LogP contribution >= 0.6 is 11.6 Å². The van der Waals surface area contributed by atoms with Crippen LogP contribution in [0.2, 0.25) is 5.02 Å². The van der Waals surface area contributed by atoms with Crippen molar-refractivity contribution < 1.29 is 0 Å². The van der Waals surface area contributed by atoms with Gasteiger partial charge in [-0.05, 0) is 37.1 Å². The predicted molar refractivity (Wildman–Crippen MR) is 74.5 cm³/mol. The Morgan fingerprint density at radius 2 is 1.72 bits per heavy atom. The number of likely N-dealkylation sites (tertiary alicyclic amines) is 1. The average molecular weight is 266 g/mol. The van der Waals surface area contributed by atoms with Crippen molar-refractivity contribution in [2.75, 3.05) is 18.4 Å². The predicted octanol–water partition coefficient (Wildman–Crippen LogP) is 2.31. The third-order valence-corrected chi connectivity index (χ3v) is 3.03. The van der Waals surface area contributed by atoms with E-state index in [0.29, 0.717) is 5.02 Å². The molecule has 1 aromatic rings. The lowest BCUT2D eigenvalue weighted by Crippen LogP contribution is -2.44. The summed E-state index contributed by atoms with van der Waals surface area (Å²) in [5.41, 5.74) is 0.770. The van der Waals surface area contributed by atoms with E-state index in [0.717, 1.165) is 31.6 Å². The second-order valence-corrected chi connectivity index (χ2v) is 4.61. The van der Waals surface area contributed by atoms with Crippen molar-refractivity contribution in [3.63, 3.8) is 0 Å². The molecule has 18 heavy (non-hydrogen) atoms. The molecular formula is C12H16ClN5. The van der Waals surface area contributed by atoms with Crippen LogP contribution in [0, 0.1) is 10.8 Å². The Hall–Kier alpha value is -1.75. The van der Waals surface area contributed by atoms with Crippen LogP contribution in [0.4, 0.5) is 5.69 Å². The topological polar surface area (TPSA) is 75.0 Å². The molecule has 2 rings (SSSR count). The standard InChI is InChI=1S/C12H16ClN5/c13-9-3-5-10(6-4-9)16-11(14)17-12(15)18-7-1-2-8-18/h3-6H,1-2,7-8H2,(H4,14,15,16,17). The highest BCUT2D eigenvalue weighted by Gasteiger charge is 2.15. The molecule has 1 fully saturated rings. The fraction of sp³-hybridized carbons (Fsp3) is 0.333. The summed E-state index contributed by atoms with van der Waals surface area (Å²) in [5, 5.41) is 21.8. The van der Waals surface area contributed by atoms with Gasteiger partial charge in [0.25, 0.3) is 0 Å². The first-order chi connectivity index (χ1) is 8.65. The van der Waals surface area contributed by atoms with Crippen molar-refractivity contribution in [3.8, 4) is 0 Å². The Balaban J connectivity index is 1.84. The van der Waals surface area contributed by atoms with Gasteiger partial charge in [-0.2, -0.15) is 0 Å². The summed E-state index contributed by atoms with van der Waals surface area (Å²) in [4.78, 5) is 1.93. The fourth-order valence-corrected chi connectivity index (χ4v) is 1.97. The maximum absolute atomic E-state index is 7.83. The zero-order valence-corrected chi connectivity index (χ0v) is 10.7. The van der Waals surface area contributed by atoms with Gasteiger partial charge < -0.3 is 10.2 Å². The van der Waals surface area contributed by atoms with Gasteiger partial charge in [-0.1, -0.05) is 11.6 Å². The van der Waals surface area contributed by atoms with Crippen LogP contribution in [0.5, 0.6) is 0 Å². The van der Waals surface area contributed by atoms with Gasteiger partial charge in [0, 0.05) is 23.8 Å². The highest BCUT2D eigenvalue weighted by Crippen LogP contribution is 2.13. The van der Waals surface area contributed by atoms with Crippen LogP contribution in [0.25, 0.3) is 0 Å². The Morgan fingerprint density at radius 1 is 1.11 bits per heavy atom. The van der Waals surface area contributed by atoms with Crippen molar-refractivity contribution in [2.45, 2.75) is 12.8 Å². The summed E-state index contributed by atoms with van der Waals surface area (Å²) in [6, 6.07) is 7.09. The molecule has 96 valence electrons.